The molecule has 2 aromatic carbocycles. The summed E-state index contributed by atoms with van der Waals surface area (Å²) in [7, 11) is -3.30. The van der Waals surface area contributed by atoms with Gasteiger partial charge in [-0.25, -0.2) is 13.1 Å². The molecule has 1 atom stereocenters. The van der Waals surface area contributed by atoms with Crippen molar-refractivity contribution in [2.24, 2.45) is 0 Å². The second-order valence-corrected chi connectivity index (χ2v) is 8.76. The van der Waals surface area contributed by atoms with Crippen molar-refractivity contribution in [1.29, 1.82) is 0 Å². The van der Waals surface area contributed by atoms with Crippen molar-refractivity contribution >= 4 is 21.4 Å². The van der Waals surface area contributed by atoms with Gasteiger partial charge in [0.2, 0.25) is 0 Å². The molecule has 0 fully saturated rings. The predicted molar refractivity (Wildman–Crippen MR) is 108 cm³/mol. The van der Waals surface area contributed by atoms with E-state index in [1.165, 1.54) is 35.0 Å². The van der Waals surface area contributed by atoms with E-state index in [4.69, 9.17) is 0 Å². The summed E-state index contributed by atoms with van der Waals surface area (Å²) >= 11 is 0. The van der Waals surface area contributed by atoms with Crippen LogP contribution >= 0.6 is 0 Å². The molecule has 11 heteroatoms. The van der Waals surface area contributed by atoms with E-state index in [0.29, 0.717) is 11.4 Å². The van der Waals surface area contributed by atoms with Crippen LogP contribution in [0.25, 0.3) is 5.69 Å². The molecule has 1 heterocycles. The summed E-state index contributed by atoms with van der Waals surface area (Å²) in [6.07, 6.45) is 1.13. The lowest BCUT2D eigenvalue weighted by molar-refractivity contribution is -0.384. The SMILES string of the molecule is Cc1c(C(=O)NC(C)c2ccc(S(C)(=O)=O)cc2)nnn1-c1cccc([N+](=O)[O-])c1. The van der Waals surface area contributed by atoms with E-state index < -0.39 is 26.7 Å². The van der Waals surface area contributed by atoms with E-state index in [2.05, 4.69) is 15.6 Å². The quantitative estimate of drug-likeness (QED) is 0.469. The van der Waals surface area contributed by atoms with Gasteiger partial charge in [0.15, 0.2) is 15.5 Å². The summed E-state index contributed by atoms with van der Waals surface area (Å²) in [4.78, 5) is 23.3. The van der Waals surface area contributed by atoms with E-state index in [9.17, 15) is 23.3 Å². The number of benzene rings is 2. The number of rotatable bonds is 6. The van der Waals surface area contributed by atoms with E-state index in [-0.39, 0.29) is 16.3 Å². The van der Waals surface area contributed by atoms with Crippen LogP contribution in [0.3, 0.4) is 0 Å². The Morgan fingerprint density at radius 3 is 2.47 bits per heavy atom. The Labute approximate surface area is 172 Å². The number of hydrogen-bond acceptors (Lipinski definition) is 7. The number of sulfone groups is 1. The van der Waals surface area contributed by atoms with Gasteiger partial charge in [0.25, 0.3) is 11.6 Å². The molecule has 1 aromatic heterocycles. The first-order chi connectivity index (χ1) is 14.1. The molecule has 0 bridgehead atoms. The van der Waals surface area contributed by atoms with Crippen molar-refractivity contribution in [1.82, 2.24) is 20.3 Å². The van der Waals surface area contributed by atoms with Crippen molar-refractivity contribution in [3.8, 4) is 5.69 Å². The van der Waals surface area contributed by atoms with Gasteiger partial charge in [-0.1, -0.05) is 23.4 Å². The van der Waals surface area contributed by atoms with Gasteiger partial charge >= 0.3 is 0 Å². The molecule has 1 amide bonds. The fourth-order valence-corrected chi connectivity index (χ4v) is 3.51. The second-order valence-electron chi connectivity index (χ2n) is 6.75. The smallest absolute Gasteiger partial charge is 0.274 e. The molecular weight excluding hydrogens is 410 g/mol. The Hall–Kier alpha value is -3.60. The molecule has 0 saturated carbocycles. The second kappa shape index (κ2) is 8.03. The van der Waals surface area contributed by atoms with Gasteiger partial charge in [-0.3, -0.25) is 14.9 Å². The third-order valence-electron chi connectivity index (χ3n) is 4.55. The maximum absolute atomic E-state index is 12.7. The standard InChI is InChI=1S/C19H19N5O5S/c1-12(14-7-9-17(10-8-14)30(3,28)29)20-19(25)18-13(2)23(22-21-18)15-5-4-6-16(11-15)24(26)27/h4-12H,1-3H3,(H,20,25). The molecule has 30 heavy (non-hydrogen) atoms. The minimum Gasteiger partial charge on any atom is -0.344 e. The summed E-state index contributed by atoms with van der Waals surface area (Å²) < 4.78 is 24.5. The van der Waals surface area contributed by atoms with E-state index in [1.54, 1.807) is 32.0 Å². The number of nitro groups is 1. The zero-order valence-electron chi connectivity index (χ0n) is 16.4. The average Bonchev–Trinajstić information content (AvgIpc) is 3.09. The maximum Gasteiger partial charge on any atom is 0.274 e. The fraction of sp³-hybridized carbons (Fsp3) is 0.211. The molecule has 3 rings (SSSR count). The highest BCUT2D eigenvalue weighted by atomic mass is 32.2. The summed E-state index contributed by atoms with van der Waals surface area (Å²) in [6, 6.07) is 11.7. The summed E-state index contributed by atoms with van der Waals surface area (Å²) in [5.74, 6) is -0.469. The van der Waals surface area contributed by atoms with Crippen LogP contribution in [0.5, 0.6) is 0 Å². The number of carbonyl (C=O) groups excluding carboxylic acids is 1. The molecule has 0 radical (unpaired) electrons. The topological polar surface area (TPSA) is 137 Å². The lowest BCUT2D eigenvalue weighted by Gasteiger charge is -2.14. The fourth-order valence-electron chi connectivity index (χ4n) is 2.87. The molecule has 0 aliphatic heterocycles. The molecule has 156 valence electrons. The molecule has 0 aliphatic carbocycles. The molecule has 1 unspecified atom stereocenters. The van der Waals surface area contributed by atoms with E-state index in [0.717, 1.165) is 11.8 Å². The first-order valence-electron chi connectivity index (χ1n) is 8.86. The van der Waals surface area contributed by atoms with E-state index >= 15 is 0 Å². The first kappa shape index (κ1) is 21.1. The number of carbonyl (C=O) groups is 1. The first-order valence-corrected chi connectivity index (χ1v) is 10.7. The van der Waals surface area contributed by atoms with Gasteiger partial charge in [0.1, 0.15) is 0 Å². The normalized spacial score (nSPS) is 12.4. The van der Waals surface area contributed by atoms with Crippen LogP contribution < -0.4 is 5.32 Å². The van der Waals surface area contributed by atoms with E-state index in [1.807, 2.05) is 0 Å². The predicted octanol–water partition coefficient (Wildman–Crippen LogP) is 2.38. The van der Waals surface area contributed by atoms with Crippen molar-refractivity contribution in [3.05, 3.63) is 75.6 Å². The van der Waals surface area contributed by atoms with Crippen LogP contribution in [0.1, 0.15) is 34.7 Å². The van der Waals surface area contributed by atoms with Gasteiger partial charge in [0, 0.05) is 18.4 Å². The van der Waals surface area contributed by atoms with Gasteiger partial charge in [0.05, 0.1) is 27.2 Å². The van der Waals surface area contributed by atoms with Gasteiger partial charge in [-0.2, -0.15) is 0 Å². The molecule has 1 N–H and O–H groups in total. The van der Waals surface area contributed by atoms with Gasteiger partial charge < -0.3 is 5.32 Å². The van der Waals surface area contributed by atoms with Crippen molar-refractivity contribution in [2.75, 3.05) is 6.26 Å². The third kappa shape index (κ3) is 4.35. The Kier molecular flexibility index (Phi) is 5.65. The van der Waals surface area contributed by atoms with Crippen LogP contribution in [-0.2, 0) is 9.84 Å². The average molecular weight is 429 g/mol. The number of hydrogen-bond donors (Lipinski definition) is 1. The zero-order valence-corrected chi connectivity index (χ0v) is 17.3. The van der Waals surface area contributed by atoms with Crippen molar-refractivity contribution in [3.63, 3.8) is 0 Å². The number of nitrogens with zero attached hydrogens (tertiary/aromatic N) is 4. The number of non-ortho nitro benzene ring substituents is 1. The molecule has 0 spiro atoms. The number of amides is 1. The highest BCUT2D eigenvalue weighted by Gasteiger charge is 2.20. The van der Waals surface area contributed by atoms with Crippen LogP contribution in [-0.4, -0.2) is 40.5 Å². The molecule has 3 aromatic rings. The molecule has 0 aliphatic rings. The Morgan fingerprint density at radius 2 is 1.87 bits per heavy atom. The van der Waals surface area contributed by atoms with Crippen LogP contribution in [0.4, 0.5) is 5.69 Å². The van der Waals surface area contributed by atoms with Gasteiger partial charge in [-0.15, -0.1) is 5.10 Å². The largest absolute Gasteiger partial charge is 0.344 e. The molecular formula is C19H19N5O5S. The van der Waals surface area contributed by atoms with Crippen LogP contribution in [0.15, 0.2) is 53.4 Å². The number of aromatic nitrogens is 3. The Bertz CT molecular complexity index is 1220. The lowest BCUT2D eigenvalue weighted by Crippen LogP contribution is -2.27. The summed E-state index contributed by atoms with van der Waals surface area (Å²) in [5, 5.41) is 21.6. The Morgan fingerprint density at radius 1 is 1.20 bits per heavy atom. The minimum atomic E-state index is -3.30. The van der Waals surface area contributed by atoms with Gasteiger partial charge in [-0.05, 0) is 37.6 Å². The van der Waals surface area contributed by atoms with Crippen LogP contribution in [0.2, 0.25) is 0 Å². The number of nitro benzene ring substituents is 1. The third-order valence-corrected chi connectivity index (χ3v) is 5.68. The number of nitrogens with one attached hydrogen (secondary N) is 1. The van der Waals surface area contributed by atoms with Crippen molar-refractivity contribution < 1.29 is 18.1 Å². The summed E-state index contributed by atoms with van der Waals surface area (Å²) in [6.45, 7) is 3.40. The lowest BCUT2D eigenvalue weighted by atomic mass is 10.1. The van der Waals surface area contributed by atoms with Crippen molar-refractivity contribution in [2.45, 2.75) is 24.8 Å². The van der Waals surface area contributed by atoms with Crippen LogP contribution in [0, 0.1) is 17.0 Å². The zero-order chi connectivity index (χ0) is 22.1. The minimum absolute atomic E-state index is 0.0844. The highest BCUT2D eigenvalue weighted by molar-refractivity contribution is 7.90. The monoisotopic (exact) mass is 429 g/mol. The molecule has 10 nitrogen and oxygen atoms in total. The maximum atomic E-state index is 12.7. The highest BCUT2D eigenvalue weighted by Crippen LogP contribution is 2.20. The molecule has 0 saturated heterocycles. The Balaban J connectivity index is 1.80. The summed E-state index contributed by atoms with van der Waals surface area (Å²) in [5.41, 5.74) is 1.55.